The van der Waals surface area contributed by atoms with Gasteiger partial charge < -0.3 is 4.74 Å². The van der Waals surface area contributed by atoms with Crippen molar-refractivity contribution < 1.29 is 9.53 Å². The molecule has 1 aromatic rings. The van der Waals surface area contributed by atoms with Gasteiger partial charge in [-0.1, -0.05) is 23.2 Å². The smallest absolute Gasteiger partial charge is 0.174 e. The molecule has 0 fully saturated rings. The predicted molar refractivity (Wildman–Crippen MR) is 50.7 cm³/mol. The molecule has 1 aromatic carbocycles. The molecule has 0 saturated carbocycles. The third-order valence-electron chi connectivity index (χ3n) is 1.85. The number of rotatable bonds is 0. The fourth-order valence-electron chi connectivity index (χ4n) is 1.32. The Bertz CT molecular complexity index is 374. The summed E-state index contributed by atoms with van der Waals surface area (Å²) in [6.07, 6.45) is 0.357. The van der Waals surface area contributed by atoms with Crippen LogP contribution >= 0.6 is 23.2 Å². The lowest BCUT2D eigenvalue weighted by Crippen LogP contribution is -2.20. The molecule has 0 saturated heterocycles. The van der Waals surface area contributed by atoms with Crippen molar-refractivity contribution in [3.8, 4) is 5.75 Å². The van der Waals surface area contributed by atoms with Crippen LogP contribution in [0.15, 0.2) is 12.1 Å². The van der Waals surface area contributed by atoms with Crippen molar-refractivity contribution in [3.63, 3.8) is 0 Å². The Morgan fingerprint density at radius 1 is 1.31 bits per heavy atom. The van der Waals surface area contributed by atoms with Gasteiger partial charge in [0.25, 0.3) is 0 Å². The largest absolute Gasteiger partial charge is 0.484 e. The first-order chi connectivity index (χ1) is 6.16. The Balaban J connectivity index is 2.53. The maximum Gasteiger partial charge on any atom is 0.174 e. The molecule has 68 valence electrons. The number of halogens is 2. The zero-order chi connectivity index (χ0) is 9.42. The molecule has 1 heterocycles. The second-order valence-corrected chi connectivity index (χ2v) is 3.72. The van der Waals surface area contributed by atoms with Crippen LogP contribution in [0.1, 0.15) is 5.56 Å². The normalized spacial score (nSPS) is 15.1. The summed E-state index contributed by atoms with van der Waals surface area (Å²) >= 11 is 11.7. The molecule has 0 bridgehead atoms. The van der Waals surface area contributed by atoms with Crippen molar-refractivity contribution in [2.24, 2.45) is 0 Å². The van der Waals surface area contributed by atoms with E-state index in [1.807, 2.05) is 0 Å². The van der Waals surface area contributed by atoms with Gasteiger partial charge in [0, 0.05) is 17.0 Å². The molecule has 0 spiro atoms. The maximum atomic E-state index is 11.0. The third-order valence-corrected chi connectivity index (χ3v) is 2.35. The van der Waals surface area contributed by atoms with Crippen molar-refractivity contribution in [1.29, 1.82) is 0 Å². The Hall–Kier alpha value is -0.730. The number of carbonyl (C=O) groups is 1. The molecule has 0 unspecified atom stereocenters. The summed E-state index contributed by atoms with van der Waals surface area (Å²) in [7, 11) is 0. The van der Waals surface area contributed by atoms with Crippen LogP contribution in [0.4, 0.5) is 0 Å². The third kappa shape index (κ3) is 1.64. The SMILES string of the molecule is O=C1COc2c(Cl)cc(Cl)cc2C1. The summed E-state index contributed by atoms with van der Waals surface area (Å²) in [6, 6.07) is 3.32. The number of hydrogen-bond acceptors (Lipinski definition) is 2. The van der Waals surface area contributed by atoms with Gasteiger partial charge in [-0.05, 0) is 12.1 Å². The average molecular weight is 217 g/mol. The maximum absolute atomic E-state index is 11.0. The van der Waals surface area contributed by atoms with E-state index in [0.29, 0.717) is 22.2 Å². The lowest BCUT2D eigenvalue weighted by Gasteiger charge is -2.17. The molecule has 1 aliphatic rings. The van der Waals surface area contributed by atoms with E-state index in [2.05, 4.69) is 0 Å². The highest BCUT2D eigenvalue weighted by atomic mass is 35.5. The van der Waals surface area contributed by atoms with E-state index in [-0.39, 0.29) is 12.4 Å². The zero-order valence-electron chi connectivity index (χ0n) is 6.64. The summed E-state index contributed by atoms with van der Waals surface area (Å²) in [5, 5.41) is 0.997. The highest BCUT2D eigenvalue weighted by molar-refractivity contribution is 6.35. The predicted octanol–water partition coefficient (Wildman–Crippen LogP) is 2.50. The van der Waals surface area contributed by atoms with Gasteiger partial charge in [-0.3, -0.25) is 4.79 Å². The molecule has 1 aliphatic heterocycles. The van der Waals surface area contributed by atoms with Gasteiger partial charge in [0.1, 0.15) is 12.4 Å². The monoisotopic (exact) mass is 216 g/mol. The minimum absolute atomic E-state index is 0.0471. The fraction of sp³-hybridized carbons (Fsp3) is 0.222. The minimum atomic E-state index is 0.0471. The van der Waals surface area contributed by atoms with E-state index in [4.69, 9.17) is 27.9 Å². The number of ether oxygens (including phenoxy) is 1. The molecule has 0 amide bonds. The Labute approximate surface area is 85.4 Å². The standard InChI is InChI=1S/C9H6Cl2O2/c10-6-1-5-2-7(12)4-13-9(5)8(11)3-6/h1,3H,2,4H2. The summed E-state index contributed by atoms with van der Waals surface area (Å²) < 4.78 is 5.18. The number of hydrogen-bond donors (Lipinski definition) is 0. The molecule has 4 heteroatoms. The number of ketones is 1. The molecular formula is C9H6Cl2O2. The van der Waals surface area contributed by atoms with Gasteiger partial charge in [0.2, 0.25) is 0 Å². The van der Waals surface area contributed by atoms with Gasteiger partial charge in [-0.15, -0.1) is 0 Å². The van der Waals surface area contributed by atoms with Crippen molar-refractivity contribution >= 4 is 29.0 Å². The Kier molecular flexibility index (Phi) is 2.18. The number of Topliss-reactive ketones (excluding diaryl/α,β-unsaturated/α-hetero) is 1. The van der Waals surface area contributed by atoms with E-state index in [1.165, 1.54) is 0 Å². The van der Waals surface area contributed by atoms with Crippen molar-refractivity contribution in [2.75, 3.05) is 6.61 Å². The van der Waals surface area contributed by atoms with Crippen molar-refractivity contribution in [1.82, 2.24) is 0 Å². The second-order valence-electron chi connectivity index (χ2n) is 2.88. The van der Waals surface area contributed by atoms with Crippen LogP contribution in [0.2, 0.25) is 10.0 Å². The van der Waals surface area contributed by atoms with Crippen LogP contribution in [0, 0.1) is 0 Å². The van der Waals surface area contributed by atoms with Crippen LogP contribution in [-0.4, -0.2) is 12.4 Å². The highest BCUT2D eigenvalue weighted by Gasteiger charge is 2.19. The number of fused-ring (bicyclic) bond motifs is 1. The fourth-order valence-corrected chi connectivity index (χ4v) is 1.91. The summed E-state index contributed by atoms with van der Waals surface area (Å²) in [5.74, 6) is 0.636. The molecule has 0 atom stereocenters. The van der Waals surface area contributed by atoms with Gasteiger partial charge in [0.15, 0.2) is 5.78 Å². The van der Waals surface area contributed by atoms with Crippen LogP contribution < -0.4 is 4.74 Å². The molecule has 2 nitrogen and oxygen atoms in total. The van der Waals surface area contributed by atoms with Crippen molar-refractivity contribution in [3.05, 3.63) is 27.7 Å². The van der Waals surface area contributed by atoms with E-state index in [1.54, 1.807) is 12.1 Å². The number of carbonyl (C=O) groups excluding carboxylic acids is 1. The molecule has 2 rings (SSSR count). The van der Waals surface area contributed by atoms with Crippen LogP contribution in [0.5, 0.6) is 5.75 Å². The van der Waals surface area contributed by atoms with Crippen LogP contribution in [0.25, 0.3) is 0 Å². The Morgan fingerprint density at radius 3 is 2.85 bits per heavy atom. The van der Waals surface area contributed by atoms with Gasteiger partial charge >= 0.3 is 0 Å². The molecule has 13 heavy (non-hydrogen) atoms. The second kappa shape index (κ2) is 3.20. The molecule has 0 aromatic heterocycles. The first-order valence-corrected chi connectivity index (χ1v) is 4.55. The molecular weight excluding hydrogens is 211 g/mol. The first-order valence-electron chi connectivity index (χ1n) is 3.79. The number of benzene rings is 1. The topological polar surface area (TPSA) is 26.3 Å². The lowest BCUT2D eigenvalue weighted by molar-refractivity contribution is -0.121. The zero-order valence-corrected chi connectivity index (χ0v) is 8.15. The summed E-state index contributed by atoms with van der Waals surface area (Å²) in [6.45, 7) is 0.106. The summed E-state index contributed by atoms with van der Waals surface area (Å²) in [5.41, 5.74) is 0.772. The first kappa shape index (κ1) is 8.85. The molecule has 0 radical (unpaired) electrons. The van der Waals surface area contributed by atoms with E-state index in [0.717, 1.165) is 5.56 Å². The van der Waals surface area contributed by atoms with Crippen LogP contribution in [-0.2, 0) is 11.2 Å². The minimum Gasteiger partial charge on any atom is -0.484 e. The van der Waals surface area contributed by atoms with Gasteiger partial charge in [-0.2, -0.15) is 0 Å². The van der Waals surface area contributed by atoms with Gasteiger partial charge in [0.05, 0.1) is 5.02 Å². The molecule has 0 aliphatic carbocycles. The lowest BCUT2D eigenvalue weighted by atomic mass is 10.1. The van der Waals surface area contributed by atoms with Gasteiger partial charge in [-0.25, -0.2) is 0 Å². The molecule has 0 N–H and O–H groups in total. The van der Waals surface area contributed by atoms with E-state index >= 15 is 0 Å². The van der Waals surface area contributed by atoms with Crippen LogP contribution in [0.3, 0.4) is 0 Å². The quantitative estimate of drug-likeness (QED) is 0.667. The average Bonchev–Trinajstić information content (AvgIpc) is 2.02. The van der Waals surface area contributed by atoms with E-state index in [9.17, 15) is 4.79 Å². The van der Waals surface area contributed by atoms with E-state index < -0.39 is 0 Å². The Morgan fingerprint density at radius 2 is 2.08 bits per heavy atom. The summed E-state index contributed by atoms with van der Waals surface area (Å²) in [4.78, 5) is 11.0. The van der Waals surface area contributed by atoms with Crippen molar-refractivity contribution in [2.45, 2.75) is 6.42 Å². The highest BCUT2D eigenvalue weighted by Crippen LogP contribution is 2.34.